The van der Waals surface area contributed by atoms with Gasteiger partial charge in [-0.2, -0.15) is 4.80 Å². The Kier molecular flexibility index (Phi) is 5.92. The number of hydrogen-bond donors (Lipinski definition) is 1. The Morgan fingerprint density at radius 1 is 1.10 bits per heavy atom. The molecule has 1 aliphatic rings. The van der Waals surface area contributed by atoms with Gasteiger partial charge in [0, 0.05) is 12.1 Å². The van der Waals surface area contributed by atoms with Crippen LogP contribution >= 0.6 is 0 Å². The van der Waals surface area contributed by atoms with Crippen LogP contribution < -0.4 is 14.8 Å². The zero-order valence-corrected chi connectivity index (χ0v) is 17.2. The molecule has 3 aromatic rings. The first-order valence-corrected chi connectivity index (χ1v) is 10.1. The fourth-order valence-corrected chi connectivity index (χ4v) is 3.22. The second-order valence-electron chi connectivity index (χ2n) is 7.50. The van der Waals surface area contributed by atoms with Gasteiger partial charge in [0.05, 0.1) is 0 Å². The Hall–Kier alpha value is -3.42. The molecule has 0 spiro atoms. The first kappa shape index (κ1) is 19.9. The second-order valence-corrected chi connectivity index (χ2v) is 7.50. The van der Waals surface area contributed by atoms with E-state index in [4.69, 9.17) is 9.47 Å². The lowest BCUT2D eigenvalue weighted by Gasteiger charge is -2.18. The highest BCUT2D eigenvalue weighted by molar-refractivity contribution is 5.75. The van der Waals surface area contributed by atoms with Gasteiger partial charge in [-0.1, -0.05) is 44.2 Å². The molecule has 0 aliphatic carbocycles. The van der Waals surface area contributed by atoms with Gasteiger partial charge in [-0.25, -0.2) is 0 Å². The molecule has 1 amide bonds. The molecule has 4 rings (SSSR count). The number of amides is 1. The quantitative estimate of drug-likeness (QED) is 0.647. The summed E-state index contributed by atoms with van der Waals surface area (Å²) in [6, 6.07) is 13.9. The molecule has 0 unspecified atom stereocenters. The summed E-state index contributed by atoms with van der Waals surface area (Å²) in [7, 11) is 0. The minimum absolute atomic E-state index is 0.0260. The monoisotopic (exact) mass is 407 g/mol. The van der Waals surface area contributed by atoms with Crippen LogP contribution in [0.4, 0.5) is 0 Å². The van der Waals surface area contributed by atoms with Crippen LogP contribution in [0.15, 0.2) is 42.5 Å². The Morgan fingerprint density at radius 3 is 2.63 bits per heavy atom. The van der Waals surface area contributed by atoms with Gasteiger partial charge < -0.3 is 14.8 Å². The first-order chi connectivity index (χ1) is 14.6. The third kappa shape index (κ3) is 4.76. The van der Waals surface area contributed by atoms with Crippen molar-refractivity contribution in [3.63, 3.8) is 0 Å². The topological polar surface area (TPSA) is 91.2 Å². The molecule has 1 aromatic heterocycles. The number of hydrogen-bond acceptors (Lipinski definition) is 6. The third-order valence-corrected chi connectivity index (χ3v) is 4.92. The summed E-state index contributed by atoms with van der Waals surface area (Å²) in [5.74, 6) is 2.33. The molecule has 1 aliphatic heterocycles. The fourth-order valence-electron chi connectivity index (χ4n) is 3.22. The normalized spacial score (nSPS) is 12.8. The SMILES string of the molecule is CC(C)c1ccc(-c2nnn(CC(=O)NCCc3ccc4c(c3)OCCO4)n2)cc1. The van der Waals surface area contributed by atoms with Crippen LogP contribution in [0.5, 0.6) is 11.5 Å². The van der Waals surface area contributed by atoms with E-state index in [1.54, 1.807) is 0 Å². The molecule has 0 fully saturated rings. The lowest BCUT2D eigenvalue weighted by Crippen LogP contribution is -2.30. The number of nitrogens with zero attached hydrogens (tertiary/aromatic N) is 4. The van der Waals surface area contributed by atoms with E-state index in [1.807, 2.05) is 30.3 Å². The molecular weight excluding hydrogens is 382 g/mol. The third-order valence-electron chi connectivity index (χ3n) is 4.92. The van der Waals surface area contributed by atoms with Crippen LogP contribution in [-0.2, 0) is 17.8 Å². The maximum absolute atomic E-state index is 12.2. The number of carbonyl (C=O) groups excluding carboxylic acids is 1. The molecule has 0 bridgehead atoms. The van der Waals surface area contributed by atoms with Gasteiger partial charge >= 0.3 is 0 Å². The van der Waals surface area contributed by atoms with Gasteiger partial charge in [0.25, 0.3) is 0 Å². The summed E-state index contributed by atoms with van der Waals surface area (Å²) in [4.78, 5) is 13.5. The summed E-state index contributed by atoms with van der Waals surface area (Å²) in [6.07, 6.45) is 0.695. The molecule has 8 nitrogen and oxygen atoms in total. The molecule has 8 heteroatoms. The number of aromatic nitrogens is 4. The highest BCUT2D eigenvalue weighted by Crippen LogP contribution is 2.30. The standard InChI is InChI=1S/C22H25N5O3/c1-15(2)17-4-6-18(7-5-17)22-24-26-27(25-22)14-21(28)23-10-9-16-3-8-19-20(13-16)30-12-11-29-19/h3-8,13,15H,9-12,14H2,1-2H3,(H,23,28). The van der Waals surface area contributed by atoms with Gasteiger partial charge in [-0.3, -0.25) is 4.79 Å². The lowest BCUT2D eigenvalue weighted by atomic mass is 10.0. The summed E-state index contributed by atoms with van der Waals surface area (Å²) in [6.45, 7) is 5.96. The number of benzene rings is 2. The van der Waals surface area contributed by atoms with E-state index in [0.29, 0.717) is 37.9 Å². The second kappa shape index (κ2) is 8.94. The highest BCUT2D eigenvalue weighted by atomic mass is 16.6. The Bertz CT molecular complexity index is 1010. The van der Waals surface area contributed by atoms with Crippen LogP contribution in [0.3, 0.4) is 0 Å². The summed E-state index contributed by atoms with van der Waals surface area (Å²) in [5.41, 5.74) is 3.21. The van der Waals surface area contributed by atoms with E-state index in [9.17, 15) is 4.79 Å². The van der Waals surface area contributed by atoms with Crippen molar-refractivity contribution in [1.29, 1.82) is 0 Å². The molecular formula is C22H25N5O3. The van der Waals surface area contributed by atoms with Crippen molar-refractivity contribution in [3.8, 4) is 22.9 Å². The van der Waals surface area contributed by atoms with Crippen LogP contribution in [0.1, 0.15) is 30.9 Å². The largest absolute Gasteiger partial charge is 0.486 e. The zero-order valence-electron chi connectivity index (χ0n) is 17.2. The number of fused-ring (bicyclic) bond motifs is 1. The van der Waals surface area contributed by atoms with Crippen molar-refractivity contribution in [1.82, 2.24) is 25.5 Å². The number of ether oxygens (including phenoxy) is 2. The van der Waals surface area contributed by atoms with Crippen molar-refractivity contribution in [2.75, 3.05) is 19.8 Å². The average Bonchev–Trinajstić information content (AvgIpc) is 3.22. The van der Waals surface area contributed by atoms with Gasteiger partial charge in [0.1, 0.15) is 19.8 Å². The predicted molar refractivity (Wildman–Crippen MR) is 111 cm³/mol. The van der Waals surface area contributed by atoms with Crippen molar-refractivity contribution < 1.29 is 14.3 Å². The predicted octanol–water partition coefficient (Wildman–Crippen LogP) is 2.59. The lowest BCUT2D eigenvalue weighted by molar-refractivity contribution is -0.122. The molecule has 156 valence electrons. The molecule has 2 heterocycles. The van der Waals surface area contributed by atoms with Crippen LogP contribution in [-0.4, -0.2) is 45.9 Å². The van der Waals surface area contributed by atoms with E-state index in [0.717, 1.165) is 22.6 Å². The van der Waals surface area contributed by atoms with Crippen LogP contribution in [0.2, 0.25) is 0 Å². The Labute approximate surface area is 175 Å². The first-order valence-electron chi connectivity index (χ1n) is 10.1. The van der Waals surface area contributed by atoms with Crippen LogP contribution in [0.25, 0.3) is 11.4 Å². The molecule has 1 N–H and O–H groups in total. The zero-order chi connectivity index (χ0) is 20.9. The number of nitrogens with one attached hydrogen (secondary N) is 1. The van der Waals surface area contributed by atoms with E-state index < -0.39 is 0 Å². The smallest absolute Gasteiger partial charge is 0.243 e. The minimum atomic E-state index is -0.161. The number of carbonyl (C=O) groups is 1. The Balaban J connectivity index is 1.27. The molecule has 0 radical (unpaired) electrons. The van der Waals surface area contributed by atoms with Gasteiger partial charge in [0.2, 0.25) is 11.7 Å². The highest BCUT2D eigenvalue weighted by Gasteiger charge is 2.12. The van der Waals surface area contributed by atoms with Crippen molar-refractivity contribution in [3.05, 3.63) is 53.6 Å². The number of rotatable bonds is 7. The van der Waals surface area contributed by atoms with Crippen LogP contribution in [0, 0.1) is 0 Å². The van der Waals surface area contributed by atoms with Gasteiger partial charge in [-0.05, 0) is 40.8 Å². The van der Waals surface area contributed by atoms with Gasteiger partial charge in [-0.15, -0.1) is 10.2 Å². The van der Waals surface area contributed by atoms with Crippen molar-refractivity contribution >= 4 is 5.91 Å². The van der Waals surface area contributed by atoms with Gasteiger partial charge in [0.15, 0.2) is 11.5 Å². The average molecular weight is 407 g/mol. The summed E-state index contributed by atoms with van der Waals surface area (Å²) in [5, 5.41) is 15.2. The van der Waals surface area contributed by atoms with Crippen molar-refractivity contribution in [2.24, 2.45) is 0 Å². The van der Waals surface area contributed by atoms with E-state index >= 15 is 0 Å². The minimum Gasteiger partial charge on any atom is -0.486 e. The fraction of sp³-hybridized carbons (Fsp3) is 0.364. The molecule has 0 saturated carbocycles. The molecule has 0 atom stereocenters. The number of tetrazole rings is 1. The summed E-state index contributed by atoms with van der Waals surface area (Å²) < 4.78 is 11.1. The van der Waals surface area contributed by atoms with E-state index in [1.165, 1.54) is 10.4 Å². The van der Waals surface area contributed by atoms with E-state index in [-0.39, 0.29) is 12.5 Å². The van der Waals surface area contributed by atoms with Crippen molar-refractivity contribution in [2.45, 2.75) is 32.7 Å². The molecule has 30 heavy (non-hydrogen) atoms. The van der Waals surface area contributed by atoms with E-state index in [2.05, 4.69) is 46.7 Å². The maximum Gasteiger partial charge on any atom is 0.243 e. The molecule has 0 saturated heterocycles. The maximum atomic E-state index is 12.2. The molecule has 2 aromatic carbocycles. The Morgan fingerprint density at radius 2 is 1.87 bits per heavy atom. The summed E-state index contributed by atoms with van der Waals surface area (Å²) >= 11 is 0.